The third-order valence-electron chi connectivity index (χ3n) is 4.08. The molecule has 0 radical (unpaired) electrons. The van der Waals surface area contributed by atoms with Crippen LogP contribution >= 0.6 is 11.6 Å². The molecule has 6 heteroatoms. The number of benzene rings is 1. The van der Waals surface area contributed by atoms with Gasteiger partial charge in [-0.1, -0.05) is 11.6 Å². The number of hydrogen-bond donors (Lipinski definition) is 2. The topological polar surface area (TPSA) is 79.3 Å². The van der Waals surface area contributed by atoms with E-state index >= 15 is 0 Å². The number of amides is 1. The van der Waals surface area contributed by atoms with E-state index in [0.717, 1.165) is 5.39 Å². The van der Waals surface area contributed by atoms with Crippen molar-refractivity contribution in [2.24, 2.45) is 5.92 Å². The third kappa shape index (κ3) is 2.76. The van der Waals surface area contributed by atoms with Crippen LogP contribution < -0.4 is 5.32 Å². The molecule has 3 rings (SSSR count). The highest BCUT2D eigenvalue weighted by Gasteiger charge is 2.31. The molecule has 5 nitrogen and oxygen atoms in total. The van der Waals surface area contributed by atoms with Crippen molar-refractivity contribution in [2.45, 2.75) is 25.3 Å². The molecule has 0 unspecified atom stereocenters. The van der Waals surface area contributed by atoms with Crippen molar-refractivity contribution in [1.29, 1.82) is 0 Å². The zero-order valence-electron chi connectivity index (χ0n) is 11.8. The molecule has 114 valence electrons. The Kier molecular flexibility index (Phi) is 3.98. The van der Waals surface area contributed by atoms with E-state index in [4.69, 9.17) is 16.7 Å². The standard InChI is InChI=1S/C16H15ClN2O3/c17-13-6-5-12(14-11(13)2-1-7-18-14)15(20)19-10-4-3-9(8-10)16(21)22/h1-2,5-7,9-10H,3-4,8H2,(H,19,20)(H,21,22)/t9-,10+/m0/s1. The van der Waals surface area contributed by atoms with Crippen molar-refractivity contribution < 1.29 is 14.7 Å². The number of aromatic nitrogens is 1. The van der Waals surface area contributed by atoms with Gasteiger partial charge in [0.15, 0.2) is 0 Å². The second-order valence-corrected chi connectivity index (χ2v) is 5.92. The molecule has 0 aliphatic heterocycles. The first-order valence-electron chi connectivity index (χ1n) is 7.13. The quantitative estimate of drug-likeness (QED) is 0.912. The Labute approximate surface area is 132 Å². The zero-order chi connectivity index (χ0) is 15.7. The summed E-state index contributed by atoms with van der Waals surface area (Å²) in [7, 11) is 0. The molecule has 1 aromatic heterocycles. The van der Waals surface area contributed by atoms with Crippen LogP contribution in [-0.4, -0.2) is 28.0 Å². The SMILES string of the molecule is O=C(N[C@@H]1CC[C@H](C(=O)O)C1)c1ccc(Cl)c2cccnc12. The number of carbonyl (C=O) groups excluding carboxylic acids is 1. The smallest absolute Gasteiger partial charge is 0.306 e. The van der Waals surface area contributed by atoms with Crippen molar-refractivity contribution in [3.63, 3.8) is 0 Å². The molecular formula is C16H15ClN2O3. The summed E-state index contributed by atoms with van der Waals surface area (Å²) in [6.45, 7) is 0. The van der Waals surface area contributed by atoms with Gasteiger partial charge in [0.05, 0.1) is 22.0 Å². The van der Waals surface area contributed by atoms with Crippen LogP contribution in [0, 0.1) is 5.92 Å². The van der Waals surface area contributed by atoms with Crippen molar-refractivity contribution >= 4 is 34.4 Å². The number of rotatable bonds is 3. The Morgan fingerprint density at radius 3 is 2.82 bits per heavy atom. The maximum atomic E-state index is 12.5. The van der Waals surface area contributed by atoms with Gasteiger partial charge in [-0.25, -0.2) is 0 Å². The number of pyridine rings is 1. The van der Waals surface area contributed by atoms with Crippen LogP contribution in [-0.2, 0) is 4.79 Å². The first-order chi connectivity index (χ1) is 10.6. The van der Waals surface area contributed by atoms with Gasteiger partial charge in [-0.05, 0) is 43.5 Å². The predicted octanol–water partition coefficient (Wildman–Crippen LogP) is 2.87. The van der Waals surface area contributed by atoms with E-state index in [1.54, 1.807) is 24.4 Å². The predicted molar refractivity (Wildman–Crippen MR) is 83.0 cm³/mol. The molecule has 22 heavy (non-hydrogen) atoms. The molecule has 0 bridgehead atoms. The second-order valence-electron chi connectivity index (χ2n) is 5.51. The number of fused-ring (bicyclic) bond motifs is 1. The molecule has 0 spiro atoms. The molecule has 0 saturated heterocycles. The number of carbonyl (C=O) groups is 2. The second kappa shape index (κ2) is 5.93. The summed E-state index contributed by atoms with van der Waals surface area (Å²) in [4.78, 5) is 27.7. The number of halogens is 1. The maximum Gasteiger partial charge on any atom is 0.306 e. The molecule has 2 N–H and O–H groups in total. The van der Waals surface area contributed by atoms with Gasteiger partial charge in [0.2, 0.25) is 0 Å². The van der Waals surface area contributed by atoms with Crippen LogP contribution in [0.5, 0.6) is 0 Å². The lowest BCUT2D eigenvalue weighted by atomic mass is 10.1. The lowest BCUT2D eigenvalue weighted by molar-refractivity contribution is -0.141. The lowest BCUT2D eigenvalue weighted by Gasteiger charge is -2.13. The van der Waals surface area contributed by atoms with Gasteiger partial charge >= 0.3 is 5.97 Å². The number of carboxylic acid groups (broad SMARTS) is 1. The van der Waals surface area contributed by atoms with E-state index in [2.05, 4.69) is 10.3 Å². The Hall–Kier alpha value is -2.14. The van der Waals surface area contributed by atoms with Crippen molar-refractivity contribution in [3.05, 3.63) is 41.0 Å². The number of aliphatic carboxylic acids is 1. The minimum absolute atomic E-state index is 0.108. The van der Waals surface area contributed by atoms with Gasteiger partial charge in [0, 0.05) is 17.6 Å². The molecule has 1 aromatic carbocycles. The fourth-order valence-electron chi connectivity index (χ4n) is 2.92. The summed E-state index contributed by atoms with van der Waals surface area (Å²) < 4.78 is 0. The van der Waals surface area contributed by atoms with Crippen LogP contribution in [0.25, 0.3) is 10.9 Å². The van der Waals surface area contributed by atoms with Crippen LogP contribution in [0.3, 0.4) is 0 Å². The van der Waals surface area contributed by atoms with Gasteiger partial charge < -0.3 is 10.4 Å². The third-order valence-corrected chi connectivity index (χ3v) is 4.41. The van der Waals surface area contributed by atoms with Gasteiger partial charge in [-0.2, -0.15) is 0 Å². The summed E-state index contributed by atoms with van der Waals surface area (Å²) in [5, 5.41) is 13.2. The van der Waals surface area contributed by atoms with Crippen LogP contribution in [0.15, 0.2) is 30.5 Å². The fourth-order valence-corrected chi connectivity index (χ4v) is 3.14. The molecular weight excluding hydrogens is 304 g/mol. The van der Waals surface area contributed by atoms with Gasteiger partial charge in [-0.15, -0.1) is 0 Å². The summed E-state index contributed by atoms with van der Waals surface area (Å²) in [5.41, 5.74) is 1.01. The Balaban J connectivity index is 1.82. The number of hydrogen-bond acceptors (Lipinski definition) is 3. The molecule has 1 heterocycles. The van der Waals surface area contributed by atoms with Gasteiger partial charge in [-0.3, -0.25) is 14.6 Å². The van der Waals surface area contributed by atoms with E-state index in [9.17, 15) is 9.59 Å². The maximum absolute atomic E-state index is 12.5. The first kappa shape index (κ1) is 14.8. The van der Waals surface area contributed by atoms with Crippen molar-refractivity contribution in [1.82, 2.24) is 10.3 Å². The summed E-state index contributed by atoms with van der Waals surface area (Å²) in [6.07, 6.45) is 3.37. The highest BCUT2D eigenvalue weighted by atomic mass is 35.5. The zero-order valence-corrected chi connectivity index (χ0v) is 12.5. The Morgan fingerprint density at radius 1 is 1.27 bits per heavy atom. The van der Waals surface area contributed by atoms with E-state index in [1.165, 1.54) is 0 Å². The largest absolute Gasteiger partial charge is 0.481 e. The highest BCUT2D eigenvalue weighted by molar-refractivity contribution is 6.36. The Morgan fingerprint density at radius 2 is 2.09 bits per heavy atom. The summed E-state index contributed by atoms with van der Waals surface area (Å²) >= 11 is 6.12. The van der Waals surface area contributed by atoms with E-state index in [0.29, 0.717) is 35.4 Å². The first-order valence-corrected chi connectivity index (χ1v) is 7.51. The number of nitrogens with one attached hydrogen (secondary N) is 1. The molecule has 1 amide bonds. The number of carboxylic acids is 1. The normalized spacial score (nSPS) is 21.0. The average molecular weight is 319 g/mol. The van der Waals surface area contributed by atoms with Crippen LogP contribution in [0.1, 0.15) is 29.6 Å². The van der Waals surface area contributed by atoms with Crippen molar-refractivity contribution in [2.75, 3.05) is 0 Å². The highest BCUT2D eigenvalue weighted by Crippen LogP contribution is 2.27. The monoisotopic (exact) mass is 318 g/mol. The molecule has 1 aliphatic carbocycles. The van der Waals surface area contributed by atoms with E-state index in [-0.39, 0.29) is 17.9 Å². The molecule has 2 aromatic rings. The minimum atomic E-state index is -0.796. The summed E-state index contributed by atoms with van der Waals surface area (Å²) in [5.74, 6) is -1.41. The Bertz CT molecular complexity index is 747. The molecule has 1 aliphatic rings. The molecule has 2 atom stereocenters. The van der Waals surface area contributed by atoms with E-state index < -0.39 is 5.97 Å². The minimum Gasteiger partial charge on any atom is -0.481 e. The number of nitrogens with zero attached hydrogens (tertiary/aromatic N) is 1. The molecule has 1 fully saturated rings. The van der Waals surface area contributed by atoms with E-state index in [1.807, 2.05) is 6.07 Å². The fraction of sp³-hybridized carbons (Fsp3) is 0.312. The van der Waals surface area contributed by atoms with Crippen molar-refractivity contribution in [3.8, 4) is 0 Å². The van der Waals surface area contributed by atoms with Crippen LogP contribution in [0.4, 0.5) is 0 Å². The average Bonchev–Trinajstić information content (AvgIpc) is 2.96. The molecule has 1 saturated carbocycles. The van der Waals surface area contributed by atoms with Crippen LogP contribution in [0.2, 0.25) is 5.02 Å². The summed E-state index contributed by atoms with van der Waals surface area (Å²) in [6, 6.07) is 6.80. The lowest BCUT2D eigenvalue weighted by Crippen LogP contribution is -2.33. The van der Waals surface area contributed by atoms with Gasteiger partial charge in [0.1, 0.15) is 0 Å². The van der Waals surface area contributed by atoms with Gasteiger partial charge in [0.25, 0.3) is 5.91 Å².